The second-order valence-electron chi connectivity index (χ2n) is 6.97. The maximum atomic E-state index is 12.3. The lowest BCUT2D eigenvalue weighted by molar-refractivity contribution is 0.109. The summed E-state index contributed by atoms with van der Waals surface area (Å²) < 4.78 is 0. The third-order valence-electron chi connectivity index (χ3n) is 4.71. The number of piperazine rings is 1. The number of carbonyl (C=O) groups excluding carboxylic acids is 1. The molecule has 0 bridgehead atoms. The molecule has 122 valence electrons. The number of hydrogen-bond acceptors (Lipinski definition) is 3. The Kier molecular flexibility index (Phi) is 6.30. The van der Waals surface area contributed by atoms with E-state index in [1.165, 1.54) is 6.42 Å². The normalized spacial score (nSPS) is 27.9. The quantitative estimate of drug-likeness (QED) is 0.830. The van der Waals surface area contributed by atoms with Crippen LogP contribution in [0.15, 0.2) is 0 Å². The molecular formula is C16H31N3O2. The average molecular weight is 297 g/mol. The monoisotopic (exact) mass is 297 g/mol. The maximum absolute atomic E-state index is 12.3. The van der Waals surface area contributed by atoms with Crippen LogP contribution in [-0.2, 0) is 0 Å². The molecule has 0 aromatic heterocycles. The number of carbonyl (C=O) groups is 1. The molecule has 1 heterocycles. The third kappa shape index (κ3) is 5.47. The molecular weight excluding hydrogens is 266 g/mol. The van der Waals surface area contributed by atoms with E-state index in [2.05, 4.69) is 24.1 Å². The molecule has 2 aliphatic rings. The number of hydrogen-bond donors (Lipinski definition) is 2. The molecule has 5 heteroatoms. The molecule has 5 nitrogen and oxygen atoms in total. The zero-order valence-corrected chi connectivity index (χ0v) is 13.6. The molecule has 2 fully saturated rings. The molecule has 1 aliphatic heterocycles. The van der Waals surface area contributed by atoms with Crippen molar-refractivity contribution in [2.24, 2.45) is 5.92 Å². The Hall–Kier alpha value is -0.810. The number of aliphatic hydroxyl groups is 1. The van der Waals surface area contributed by atoms with Gasteiger partial charge in [-0.25, -0.2) is 4.79 Å². The van der Waals surface area contributed by atoms with Crippen LogP contribution in [0.2, 0.25) is 0 Å². The van der Waals surface area contributed by atoms with Gasteiger partial charge in [0, 0.05) is 32.2 Å². The number of nitrogens with one attached hydrogen (secondary N) is 1. The summed E-state index contributed by atoms with van der Waals surface area (Å²) in [6.07, 6.45) is 4.50. The van der Waals surface area contributed by atoms with Gasteiger partial charge < -0.3 is 15.3 Å². The summed E-state index contributed by atoms with van der Waals surface area (Å²) >= 11 is 0. The summed E-state index contributed by atoms with van der Waals surface area (Å²) in [6.45, 7) is 9.30. The van der Waals surface area contributed by atoms with Crippen molar-refractivity contribution in [2.45, 2.75) is 58.1 Å². The Morgan fingerprint density at radius 3 is 2.33 bits per heavy atom. The Bertz CT molecular complexity index is 319. The Morgan fingerprint density at radius 1 is 1.14 bits per heavy atom. The predicted molar refractivity (Wildman–Crippen MR) is 84.3 cm³/mol. The molecule has 0 atom stereocenters. The van der Waals surface area contributed by atoms with Gasteiger partial charge in [0.05, 0.1) is 6.10 Å². The lowest BCUT2D eigenvalue weighted by Crippen LogP contribution is -2.54. The first-order valence-corrected chi connectivity index (χ1v) is 8.50. The lowest BCUT2D eigenvalue weighted by Gasteiger charge is -2.36. The van der Waals surface area contributed by atoms with Crippen LogP contribution in [-0.4, -0.2) is 65.8 Å². The van der Waals surface area contributed by atoms with E-state index in [0.29, 0.717) is 0 Å². The topological polar surface area (TPSA) is 55.8 Å². The first-order valence-electron chi connectivity index (χ1n) is 8.50. The average Bonchev–Trinajstić information content (AvgIpc) is 2.48. The van der Waals surface area contributed by atoms with Gasteiger partial charge in [-0.3, -0.25) is 4.90 Å². The number of nitrogens with zero attached hydrogens (tertiary/aromatic N) is 2. The number of amides is 2. The minimum Gasteiger partial charge on any atom is -0.393 e. The van der Waals surface area contributed by atoms with Crippen molar-refractivity contribution in [2.75, 3.05) is 32.7 Å². The largest absolute Gasteiger partial charge is 0.393 e. The minimum atomic E-state index is -0.164. The van der Waals surface area contributed by atoms with Gasteiger partial charge in [-0.15, -0.1) is 0 Å². The van der Waals surface area contributed by atoms with Crippen LogP contribution >= 0.6 is 0 Å². The van der Waals surface area contributed by atoms with E-state index in [1.54, 1.807) is 0 Å². The summed E-state index contributed by atoms with van der Waals surface area (Å²) in [7, 11) is 0. The van der Waals surface area contributed by atoms with Gasteiger partial charge >= 0.3 is 6.03 Å². The van der Waals surface area contributed by atoms with E-state index in [0.717, 1.165) is 64.3 Å². The fourth-order valence-corrected chi connectivity index (χ4v) is 3.10. The fraction of sp³-hybridized carbons (Fsp3) is 0.938. The van der Waals surface area contributed by atoms with Crippen LogP contribution in [0.25, 0.3) is 0 Å². The molecule has 2 N–H and O–H groups in total. The highest BCUT2D eigenvalue weighted by atomic mass is 16.3. The molecule has 0 aromatic carbocycles. The van der Waals surface area contributed by atoms with Crippen LogP contribution in [0.4, 0.5) is 4.79 Å². The van der Waals surface area contributed by atoms with Crippen LogP contribution < -0.4 is 5.32 Å². The highest BCUT2D eigenvalue weighted by Crippen LogP contribution is 2.18. The first-order chi connectivity index (χ1) is 10.0. The molecule has 0 spiro atoms. The predicted octanol–water partition coefficient (Wildman–Crippen LogP) is 1.66. The van der Waals surface area contributed by atoms with Crippen molar-refractivity contribution in [1.29, 1.82) is 0 Å². The molecule has 0 radical (unpaired) electrons. The lowest BCUT2D eigenvalue weighted by atomic mass is 9.93. The summed E-state index contributed by atoms with van der Waals surface area (Å²) in [5.41, 5.74) is 0. The van der Waals surface area contributed by atoms with Gasteiger partial charge in [0.2, 0.25) is 0 Å². The molecule has 1 saturated carbocycles. The standard InChI is InChI=1S/C16H31N3O2/c1-13(2)7-8-18-9-11-19(12-10-18)16(21)17-14-3-5-15(20)6-4-14/h13-15,20H,3-12H2,1-2H3,(H,17,21). The van der Waals surface area contributed by atoms with Crippen LogP contribution in [0.1, 0.15) is 46.0 Å². The van der Waals surface area contributed by atoms with E-state index in [-0.39, 0.29) is 18.2 Å². The number of urea groups is 1. The second kappa shape index (κ2) is 7.99. The van der Waals surface area contributed by atoms with Crippen LogP contribution in [0.3, 0.4) is 0 Å². The van der Waals surface area contributed by atoms with Gasteiger partial charge in [-0.05, 0) is 44.6 Å². The van der Waals surface area contributed by atoms with Gasteiger partial charge in [0.15, 0.2) is 0 Å². The molecule has 0 unspecified atom stereocenters. The van der Waals surface area contributed by atoms with Gasteiger partial charge in [0.25, 0.3) is 0 Å². The molecule has 1 saturated heterocycles. The van der Waals surface area contributed by atoms with E-state index in [9.17, 15) is 9.90 Å². The van der Waals surface area contributed by atoms with Crippen molar-refractivity contribution in [3.63, 3.8) is 0 Å². The third-order valence-corrected chi connectivity index (χ3v) is 4.71. The second-order valence-corrected chi connectivity index (χ2v) is 6.97. The van der Waals surface area contributed by atoms with Crippen molar-refractivity contribution < 1.29 is 9.90 Å². The molecule has 1 aliphatic carbocycles. The molecule has 2 amide bonds. The van der Waals surface area contributed by atoms with Gasteiger partial charge in [-0.1, -0.05) is 13.8 Å². The molecule has 2 rings (SSSR count). The Morgan fingerprint density at radius 2 is 1.76 bits per heavy atom. The minimum absolute atomic E-state index is 0.0832. The van der Waals surface area contributed by atoms with Crippen molar-refractivity contribution >= 4 is 6.03 Å². The van der Waals surface area contributed by atoms with Crippen molar-refractivity contribution in [3.05, 3.63) is 0 Å². The van der Waals surface area contributed by atoms with E-state index in [1.807, 2.05) is 4.90 Å². The smallest absolute Gasteiger partial charge is 0.317 e. The number of rotatable bonds is 4. The summed E-state index contributed by atoms with van der Waals surface area (Å²) in [4.78, 5) is 16.7. The molecule has 0 aromatic rings. The first kappa shape index (κ1) is 16.6. The van der Waals surface area contributed by atoms with Gasteiger partial charge in [-0.2, -0.15) is 0 Å². The summed E-state index contributed by atoms with van der Waals surface area (Å²) in [6, 6.07) is 0.333. The zero-order valence-electron chi connectivity index (χ0n) is 13.6. The fourth-order valence-electron chi connectivity index (χ4n) is 3.10. The highest BCUT2D eigenvalue weighted by molar-refractivity contribution is 5.74. The van der Waals surface area contributed by atoms with E-state index in [4.69, 9.17) is 0 Å². The van der Waals surface area contributed by atoms with E-state index >= 15 is 0 Å². The highest BCUT2D eigenvalue weighted by Gasteiger charge is 2.25. The SMILES string of the molecule is CC(C)CCN1CCN(C(=O)NC2CCC(O)CC2)CC1. The summed E-state index contributed by atoms with van der Waals surface area (Å²) in [5.74, 6) is 0.744. The van der Waals surface area contributed by atoms with Crippen LogP contribution in [0, 0.1) is 5.92 Å². The number of aliphatic hydroxyl groups excluding tert-OH is 1. The maximum Gasteiger partial charge on any atom is 0.317 e. The van der Waals surface area contributed by atoms with Crippen LogP contribution in [0.5, 0.6) is 0 Å². The van der Waals surface area contributed by atoms with Crippen molar-refractivity contribution in [1.82, 2.24) is 15.1 Å². The zero-order chi connectivity index (χ0) is 15.2. The van der Waals surface area contributed by atoms with E-state index < -0.39 is 0 Å². The Labute approximate surface area is 128 Å². The molecule has 21 heavy (non-hydrogen) atoms. The Balaban J connectivity index is 1.66. The van der Waals surface area contributed by atoms with Crippen molar-refractivity contribution in [3.8, 4) is 0 Å². The summed E-state index contributed by atoms with van der Waals surface area (Å²) in [5, 5.41) is 12.6. The van der Waals surface area contributed by atoms with Gasteiger partial charge in [0.1, 0.15) is 0 Å².